The van der Waals surface area contributed by atoms with E-state index in [9.17, 15) is 0 Å². The largest absolute Gasteiger partial charge is 0.353 e. The molecule has 2 rings (SSSR count). The Hall–Kier alpha value is -1.39. The molecule has 0 aliphatic heterocycles. The fourth-order valence-corrected chi connectivity index (χ4v) is 2.03. The van der Waals surface area contributed by atoms with Crippen LogP contribution in [0.4, 0.5) is 5.82 Å². The zero-order chi connectivity index (χ0) is 13.1. The Balaban J connectivity index is 2.21. The summed E-state index contributed by atoms with van der Waals surface area (Å²) in [6.07, 6.45) is 0. The Kier molecular flexibility index (Phi) is 3.99. The maximum absolute atomic E-state index is 5.95. The number of aromatic nitrogens is 3. The number of benzene rings is 1. The summed E-state index contributed by atoms with van der Waals surface area (Å²) >= 11 is 11.7. The van der Waals surface area contributed by atoms with Gasteiger partial charge < -0.3 is 4.90 Å². The molecule has 18 heavy (non-hydrogen) atoms. The van der Waals surface area contributed by atoms with E-state index in [4.69, 9.17) is 23.2 Å². The molecule has 4 nitrogen and oxygen atoms in total. The van der Waals surface area contributed by atoms with Gasteiger partial charge in [0, 0.05) is 13.6 Å². The van der Waals surface area contributed by atoms with Crippen molar-refractivity contribution in [3.05, 3.63) is 45.8 Å². The number of nitrogens with zero attached hydrogens (tertiary/aromatic N) is 4. The molecule has 0 saturated carbocycles. The zero-order valence-electron chi connectivity index (χ0n) is 10.1. The zero-order valence-corrected chi connectivity index (χ0v) is 11.6. The van der Waals surface area contributed by atoms with Crippen molar-refractivity contribution in [2.24, 2.45) is 0 Å². The minimum Gasteiger partial charge on any atom is -0.353 e. The average Bonchev–Trinajstić information content (AvgIpc) is 2.32. The highest BCUT2D eigenvalue weighted by molar-refractivity contribution is 6.32. The van der Waals surface area contributed by atoms with E-state index in [1.807, 2.05) is 24.1 Å². The lowest BCUT2D eigenvalue weighted by Gasteiger charge is -2.18. The van der Waals surface area contributed by atoms with E-state index in [1.54, 1.807) is 0 Å². The summed E-state index contributed by atoms with van der Waals surface area (Å²) in [6, 6.07) is 8.24. The highest BCUT2D eigenvalue weighted by Crippen LogP contribution is 2.22. The monoisotopic (exact) mass is 282 g/mol. The maximum atomic E-state index is 5.95. The van der Waals surface area contributed by atoms with Gasteiger partial charge in [0.05, 0.1) is 0 Å². The van der Waals surface area contributed by atoms with Crippen molar-refractivity contribution in [2.45, 2.75) is 13.5 Å². The molecule has 1 aromatic carbocycles. The lowest BCUT2D eigenvalue weighted by molar-refractivity contribution is 0.862. The Morgan fingerprint density at radius 3 is 2.72 bits per heavy atom. The van der Waals surface area contributed by atoms with Crippen LogP contribution in [-0.2, 0) is 6.54 Å². The van der Waals surface area contributed by atoms with Gasteiger partial charge in [-0.2, -0.15) is 4.98 Å². The van der Waals surface area contributed by atoms with E-state index in [0.29, 0.717) is 12.4 Å². The second-order valence-corrected chi connectivity index (χ2v) is 4.74. The van der Waals surface area contributed by atoms with Crippen molar-refractivity contribution in [1.29, 1.82) is 0 Å². The summed E-state index contributed by atoms with van der Waals surface area (Å²) in [5.74, 6) is 0.526. The van der Waals surface area contributed by atoms with Crippen LogP contribution in [0.2, 0.25) is 10.4 Å². The molecule has 0 fully saturated rings. The van der Waals surface area contributed by atoms with E-state index in [0.717, 1.165) is 0 Å². The van der Waals surface area contributed by atoms with Crippen LogP contribution >= 0.6 is 23.2 Å². The number of aryl methyl sites for hydroxylation is 1. The van der Waals surface area contributed by atoms with Gasteiger partial charge in [0.15, 0.2) is 11.0 Å². The van der Waals surface area contributed by atoms with Crippen molar-refractivity contribution in [2.75, 3.05) is 11.9 Å². The molecule has 0 N–H and O–H groups in total. The van der Waals surface area contributed by atoms with Gasteiger partial charge in [0.1, 0.15) is 0 Å². The lowest BCUT2D eigenvalue weighted by Crippen LogP contribution is -2.19. The van der Waals surface area contributed by atoms with Crippen LogP contribution in [0, 0.1) is 6.92 Å². The third kappa shape index (κ3) is 3.09. The summed E-state index contributed by atoms with van der Waals surface area (Å²) in [7, 11) is 1.88. The average molecular weight is 283 g/mol. The summed E-state index contributed by atoms with van der Waals surface area (Å²) in [4.78, 5) is 5.96. The van der Waals surface area contributed by atoms with Crippen molar-refractivity contribution >= 4 is 29.0 Å². The first-order chi connectivity index (χ1) is 8.56. The summed E-state index contributed by atoms with van der Waals surface area (Å²) < 4.78 is 0. The molecular weight excluding hydrogens is 271 g/mol. The first-order valence-corrected chi connectivity index (χ1v) is 6.14. The summed E-state index contributed by atoms with van der Waals surface area (Å²) in [5.41, 5.74) is 2.38. The van der Waals surface area contributed by atoms with E-state index >= 15 is 0 Å². The molecule has 6 heteroatoms. The van der Waals surface area contributed by atoms with Gasteiger partial charge in [-0.15, -0.1) is 10.2 Å². The van der Waals surface area contributed by atoms with Gasteiger partial charge in [0.2, 0.25) is 5.28 Å². The molecule has 1 aromatic heterocycles. The normalized spacial score (nSPS) is 10.4. The third-order valence-electron chi connectivity index (χ3n) is 2.47. The summed E-state index contributed by atoms with van der Waals surface area (Å²) in [5, 5.41) is 7.66. The van der Waals surface area contributed by atoms with Crippen molar-refractivity contribution in [1.82, 2.24) is 15.2 Å². The minimum atomic E-state index is 0.0884. The van der Waals surface area contributed by atoms with Gasteiger partial charge in [-0.25, -0.2) is 0 Å². The molecular formula is C12H12Cl2N4. The first kappa shape index (κ1) is 13.1. The molecule has 2 aromatic rings. The van der Waals surface area contributed by atoms with E-state index in [1.165, 1.54) is 11.1 Å². The predicted molar refractivity (Wildman–Crippen MR) is 73.1 cm³/mol. The van der Waals surface area contributed by atoms with E-state index in [2.05, 4.69) is 34.2 Å². The summed E-state index contributed by atoms with van der Waals surface area (Å²) in [6.45, 7) is 2.73. The Morgan fingerprint density at radius 2 is 2.00 bits per heavy atom. The number of halogens is 2. The molecule has 0 aliphatic rings. The number of anilines is 1. The van der Waals surface area contributed by atoms with Crippen molar-refractivity contribution in [3.8, 4) is 0 Å². The lowest BCUT2D eigenvalue weighted by atomic mass is 10.1. The highest BCUT2D eigenvalue weighted by Gasteiger charge is 2.11. The van der Waals surface area contributed by atoms with Crippen LogP contribution in [0.25, 0.3) is 0 Å². The van der Waals surface area contributed by atoms with Crippen molar-refractivity contribution < 1.29 is 0 Å². The minimum absolute atomic E-state index is 0.0884. The van der Waals surface area contributed by atoms with Crippen molar-refractivity contribution in [3.63, 3.8) is 0 Å². The van der Waals surface area contributed by atoms with Crippen LogP contribution in [0.1, 0.15) is 11.1 Å². The molecule has 0 spiro atoms. The van der Waals surface area contributed by atoms with Gasteiger partial charge in [-0.1, -0.05) is 41.4 Å². The van der Waals surface area contributed by atoms with Crippen LogP contribution in [0.15, 0.2) is 24.3 Å². The quantitative estimate of drug-likeness (QED) is 0.868. The van der Waals surface area contributed by atoms with Crippen LogP contribution < -0.4 is 4.90 Å². The number of hydrogen-bond acceptors (Lipinski definition) is 4. The molecule has 0 aliphatic carbocycles. The number of hydrogen-bond donors (Lipinski definition) is 0. The molecule has 0 unspecified atom stereocenters. The molecule has 94 valence electrons. The van der Waals surface area contributed by atoms with E-state index in [-0.39, 0.29) is 10.4 Å². The van der Waals surface area contributed by atoms with Crippen LogP contribution in [-0.4, -0.2) is 22.2 Å². The second kappa shape index (κ2) is 5.50. The third-order valence-corrected chi connectivity index (χ3v) is 2.87. The van der Waals surface area contributed by atoms with E-state index < -0.39 is 0 Å². The van der Waals surface area contributed by atoms with Gasteiger partial charge >= 0.3 is 0 Å². The second-order valence-electron chi connectivity index (χ2n) is 4.04. The van der Waals surface area contributed by atoms with Crippen LogP contribution in [0.5, 0.6) is 0 Å². The topological polar surface area (TPSA) is 41.9 Å². The maximum Gasteiger partial charge on any atom is 0.245 e. The molecule has 1 heterocycles. The fraction of sp³-hybridized carbons (Fsp3) is 0.250. The fourth-order valence-electron chi connectivity index (χ4n) is 1.69. The molecule has 0 bridgehead atoms. The molecule has 0 atom stereocenters. The number of rotatable bonds is 3. The van der Waals surface area contributed by atoms with Crippen LogP contribution in [0.3, 0.4) is 0 Å². The smallest absolute Gasteiger partial charge is 0.245 e. The van der Waals surface area contributed by atoms with Gasteiger partial charge in [-0.3, -0.25) is 0 Å². The van der Waals surface area contributed by atoms with Gasteiger partial charge in [-0.05, 0) is 24.1 Å². The van der Waals surface area contributed by atoms with Gasteiger partial charge in [0.25, 0.3) is 0 Å². The Morgan fingerprint density at radius 1 is 1.22 bits per heavy atom. The Labute approximate surface area is 116 Å². The first-order valence-electron chi connectivity index (χ1n) is 5.38. The predicted octanol–water partition coefficient (Wildman–Crippen LogP) is 3.12. The molecule has 0 radical (unpaired) electrons. The Bertz CT molecular complexity index is 560. The highest BCUT2D eigenvalue weighted by atomic mass is 35.5. The molecule has 0 saturated heterocycles. The molecule has 0 amide bonds. The SMILES string of the molecule is Cc1cccc(CN(C)c2nc(Cl)nnc2Cl)c1. The standard InChI is InChI=1S/C12H12Cl2N4/c1-8-4-3-5-9(6-8)7-18(2)11-10(13)16-17-12(14)15-11/h3-6H,7H2,1-2H3.